The van der Waals surface area contributed by atoms with E-state index in [1.54, 1.807) is 0 Å². The lowest BCUT2D eigenvalue weighted by Gasteiger charge is -2.40. The molecular weight excluding hydrogens is 286 g/mol. The van der Waals surface area contributed by atoms with Crippen molar-refractivity contribution in [2.45, 2.75) is 52.1 Å². The van der Waals surface area contributed by atoms with Crippen molar-refractivity contribution in [2.24, 2.45) is 11.8 Å². The highest BCUT2D eigenvalue weighted by atomic mass is 79.9. The third-order valence-electron chi connectivity index (χ3n) is 4.23. The Morgan fingerprint density at radius 2 is 1.83 bits per heavy atom. The van der Waals surface area contributed by atoms with Crippen LogP contribution in [0.5, 0.6) is 0 Å². The van der Waals surface area contributed by atoms with Crippen molar-refractivity contribution < 1.29 is 0 Å². The molecule has 0 radical (unpaired) electrons. The lowest BCUT2D eigenvalue weighted by Crippen LogP contribution is -2.44. The molecule has 1 fully saturated rings. The van der Waals surface area contributed by atoms with Gasteiger partial charge in [-0.3, -0.25) is 0 Å². The van der Waals surface area contributed by atoms with Crippen LogP contribution in [0, 0.1) is 11.8 Å². The number of hydrogen-bond donors (Lipinski definition) is 1. The van der Waals surface area contributed by atoms with E-state index in [2.05, 4.69) is 66.3 Å². The van der Waals surface area contributed by atoms with Gasteiger partial charge in [-0.2, -0.15) is 0 Å². The molecule has 100 valence electrons. The average molecular weight is 310 g/mol. The van der Waals surface area contributed by atoms with Gasteiger partial charge in [-0.25, -0.2) is 0 Å². The van der Waals surface area contributed by atoms with Crippen LogP contribution in [0.3, 0.4) is 0 Å². The first-order valence-corrected chi connectivity index (χ1v) is 7.91. The fourth-order valence-corrected chi connectivity index (χ4v) is 3.04. The van der Waals surface area contributed by atoms with Crippen LogP contribution in [-0.2, 0) is 0 Å². The highest BCUT2D eigenvalue weighted by Gasteiger charge is 2.32. The molecule has 18 heavy (non-hydrogen) atoms. The van der Waals surface area contributed by atoms with Gasteiger partial charge in [-0.05, 0) is 48.8 Å². The maximum Gasteiger partial charge on any atom is 0.0320 e. The van der Waals surface area contributed by atoms with E-state index in [1.165, 1.54) is 18.4 Å². The molecule has 0 bridgehead atoms. The minimum Gasteiger partial charge on any atom is -0.307 e. The summed E-state index contributed by atoms with van der Waals surface area (Å²) in [6, 6.07) is 9.96. The molecule has 2 rings (SSSR count). The zero-order chi connectivity index (χ0) is 13.1. The lowest BCUT2D eigenvalue weighted by molar-refractivity contribution is 0.156. The Balaban J connectivity index is 1.89. The molecule has 0 aliphatic heterocycles. The number of benzene rings is 1. The van der Waals surface area contributed by atoms with Crippen LogP contribution in [0.15, 0.2) is 28.7 Å². The normalized spacial score (nSPS) is 24.9. The second-order valence-electron chi connectivity index (χ2n) is 5.85. The van der Waals surface area contributed by atoms with Crippen LogP contribution in [0.1, 0.15) is 51.6 Å². The summed E-state index contributed by atoms with van der Waals surface area (Å²) in [7, 11) is 0. The molecule has 1 aromatic carbocycles. The summed E-state index contributed by atoms with van der Waals surface area (Å²) < 4.78 is 1.16. The lowest BCUT2D eigenvalue weighted by atomic mass is 9.73. The van der Waals surface area contributed by atoms with Crippen molar-refractivity contribution in [3.8, 4) is 0 Å². The molecule has 0 heterocycles. The van der Waals surface area contributed by atoms with Crippen molar-refractivity contribution in [2.75, 3.05) is 0 Å². The van der Waals surface area contributed by atoms with Crippen molar-refractivity contribution in [1.29, 1.82) is 0 Å². The van der Waals surface area contributed by atoms with Crippen LogP contribution >= 0.6 is 15.9 Å². The number of hydrogen-bond acceptors (Lipinski definition) is 1. The number of halogens is 1. The van der Waals surface area contributed by atoms with E-state index in [4.69, 9.17) is 0 Å². The van der Waals surface area contributed by atoms with Gasteiger partial charge in [0.25, 0.3) is 0 Å². The molecule has 1 saturated carbocycles. The second kappa shape index (κ2) is 6.21. The van der Waals surface area contributed by atoms with E-state index in [0.29, 0.717) is 6.04 Å². The van der Waals surface area contributed by atoms with E-state index in [-0.39, 0.29) is 0 Å². The summed E-state index contributed by atoms with van der Waals surface area (Å²) in [6.45, 7) is 6.94. The van der Waals surface area contributed by atoms with Gasteiger partial charge in [-0.1, -0.05) is 48.8 Å². The molecule has 0 spiro atoms. The van der Waals surface area contributed by atoms with Gasteiger partial charge in [0, 0.05) is 16.6 Å². The summed E-state index contributed by atoms with van der Waals surface area (Å²) in [5.41, 5.74) is 1.41. The van der Waals surface area contributed by atoms with Crippen molar-refractivity contribution in [1.82, 2.24) is 5.32 Å². The minimum atomic E-state index is 0.510. The number of nitrogens with one attached hydrogen (secondary N) is 1. The Morgan fingerprint density at radius 3 is 2.33 bits per heavy atom. The van der Waals surface area contributed by atoms with Gasteiger partial charge in [0.1, 0.15) is 0 Å². The smallest absolute Gasteiger partial charge is 0.0320 e. The van der Waals surface area contributed by atoms with Crippen LogP contribution in [0.4, 0.5) is 0 Å². The summed E-state index contributed by atoms with van der Waals surface area (Å²) in [4.78, 5) is 0. The molecule has 1 atom stereocenters. The monoisotopic (exact) mass is 309 g/mol. The predicted molar refractivity (Wildman–Crippen MR) is 81.7 cm³/mol. The van der Waals surface area contributed by atoms with E-state index in [1.807, 2.05) is 0 Å². The Morgan fingerprint density at radius 1 is 1.22 bits per heavy atom. The van der Waals surface area contributed by atoms with E-state index in [9.17, 15) is 0 Å². The second-order valence-corrected chi connectivity index (χ2v) is 6.77. The molecule has 2 heteroatoms. The van der Waals surface area contributed by atoms with E-state index in [0.717, 1.165) is 28.8 Å². The molecule has 1 N–H and O–H groups in total. The van der Waals surface area contributed by atoms with E-state index < -0.39 is 0 Å². The molecule has 1 unspecified atom stereocenters. The zero-order valence-electron chi connectivity index (χ0n) is 11.6. The molecule has 0 aromatic heterocycles. The minimum absolute atomic E-state index is 0.510. The van der Waals surface area contributed by atoms with Crippen LogP contribution < -0.4 is 5.32 Å². The van der Waals surface area contributed by atoms with Gasteiger partial charge in [-0.15, -0.1) is 0 Å². The molecule has 0 saturated heterocycles. The topological polar surface area (TPSA) is 12.0 Å². The van der Waals surface area contributed by atoms with E-state index >= 15 is 0 Å². The number of rotatable bonds is 5. The first-order chi connectivity index (χ1) is 8.60. The summed E-state index contributed by atoms with van der Waals surface area (Å²) in [5.74, 6) is 1.78. The van der Waals surface area contributed by atoms with Gasteiger partial charge in [0.15, 0.2) is 0 Å². The summed E-state index contributed by atoms with van der Waals surface area (Å²) >= 11 is 3.50. The average Bonchev–Trinajstić information content (AvgIpc) is 2.29. The molecule has 1 aromatic rings. The first-order valence-electron chi connectivity index (χ1n) is 7.11. The van der Waals surface area contributed by atoms with Crippen LogP contribution in [0.25, 0.3) is 0 Å². The Hall–Kier alpha value is -0.340. The molecule has 0 amide bonds. The third kappa shape index (κ3) is 3.36. The Kier molecular flexibility index (Phi) is 4.85. The van der Waals surface area contributed by atoms with Crippen molar-refractivity contribution in [3.05, 3.63) is 34.3 Å². The van der Waals surface area contributed by atoms with Gasteiger partial charge in [0.2, 0.25) is 0 Å². The highest BCUT2D eigenvalue weighted by molar-refractivity contribution is 9.10. The SMILES string of the molecule is CCC(NC1CC(C(C)C)C1)c1ccc(Br)cc1. The maximum atomic E-state index is 3.81. The molecule has 1 aliphatic carbocycles. The first kappa shape index (κ1) is 14.1. The highest BCUT2D eigenvalue weighted by Crippen LogP contribution is 2.35. The summed E-state index contributed by atoms with van der Waals surface area (Å²) in [5, 5.41) is 3.81. The quantitative estimate of drug-likeness (QED) is 0.813. The third-order valence-corrected chi connectivity index (χ3v) is 4.76. The maximum absolute atomic E-state index is 3.81. The predicted octanol–water partition coefficient (Wildman–Crippen LogP) is 4.92. The fraction of sp³-hybridized carbons (Fsp3) is 0.625. The summed E-state index contributed by atoms with van der Waals surface area (Å²) in [6.07, 6.45) is 3.86. The van der Waals surface area contributed by atoms with Gasteiger partial charge in [0.05, 0.1) is 0 Å². The van der Waals surface area contributed by atoms with Crippen molar-refractivity contribution in [3.63, 3.8) is 0 Å². The van der Waals surface area contributed by atoms with Crippen LogP contribution in [-0.4, -0.2) is 6.04 Å². The molecule has 1 nitrogen and oxygen atoms in total. The van der Waals surface area contributed by atoms with Gasteiger partial charge < -0.3 is 5.32 Å². The zero-order valence-corrected chi connectivity index (χ0v) is 13.2. The fourth-order valence-electron chi connectivity index (χ4n) is 2.77. The largest absolute Gasteiger partial charge is 0.307 e. The van der Waals surface area contributed by atoms with Gasteiger partial charge >= 0.3 is 0 Å². The standard InChI is InChI=1S/C16H24BrN/c1-4-16(12-5-7-14(17)8-6-12)18-15-9-13(10-15)11(2)3/h5-8,11,13,15-16,18H,4,9-10H2,1-3H3. The van der Waals surface area contributed by atoms with Crippen molar-refractivity contribution >= 4 is 15.9 Å². The molecule has 1 aliphatic rings. The van der Waals surface area contributed by atoms with Crippen LogP contribution in [0.2, 0.25) is 0 Å². The molecular formula is C16H24BrN. The Bertz CT molecular complexity index is 365. The Labute approximate surface area is 119 Å².